The number of Topliss-reactive ketones (excluding diaryl/α,β-unsaturated/α-hetero) is 1. The third-order valence-corrected chi connectivity index (χ3v) is 3.57. The lowest BCUT2D eigenvalue weighted by Gasteiger charge is -2.43. The third kappa shape index (κ3) is 2.90. The number of β-lactam (4-membered cyclic amide) rings is 1. The topological polar surface area (TPSA) is 80.8 Å². The van der Waals surface area contributed by atoms with E-state index in [0.29, 0.717) is 5.56 Å². The first-order valence-corrected chi connectivity index (χ1v) is 7.05. The van der Waals surface area contributed by atoms with Crippen molar-refractivity contribution in [3.05, 3.63) is 35.9 Å². The quantitative estimate of drug-likeness (QED) is 0.464. The van der Waals surface area contributed by atoms with Crippen LogP contribution in [0, 0.1) is 5.92 Å². The molecular formula is C16H17NO5. The molecule has 2 amide bonds. The second-order valence-electron chi connectivity index (χ2n) is 5.02. The maximum atomic E-state index is 12.5. The number of ether oxygens (including phenoxy) is 1. The maximum Gasteiger partial charge on any atom is 0.306 e. The molecule has 0 N–H and O–H groups in total. The van der Waals surface area contributed by atoms with Gasteiger partial charge in [0.15, 0.2) is 5.78 Å². The standard InChI is InChI=1S/C16H17NO5/c1-3-22-13(19)9-12-14(17(10(2)18)16(12)21)15(20)11-7-5-4-6-8-11/h4-8,12,14H,3,9H2,1-2H3/t12-,14-/m1/s1. The lowest BCUT2D eigenvalue weighted by molar-refractivity contribution is -0.167. The second kappa shape index (κ2) is 6.51. The first-order chi connectivity index (χ1) is 10.5. The Morgan fingerprint density at radius 3 is 2.36 bits per heavy atom. The average molecular weight is 303 g/mol. The monoisotopic (exact) mass is 303 g/mol. The molecule has 6 heteroatoms. The van der Waals surface area contributed by atoms with Crippen molar-refractivity contribution in [3.63, 3.8) is 0 Å². The second-order valence-corrected chi connectivity index (χ2v) is 5.02. The molecule has 116 valence electrons. The molecule has 0 unspecified atom stereocenters. The van der Waals surface area contributed by atoms with Crippen LogP contribution in [0.1, 0.15) is 30.6 Å². The normalized spacial score (nSPS) is 20.3. The van der Waals surface area contributed by atoms with Gasteiger partial charge in [0.2, 0.25) is 11.8 Å². The molecule has 0 radical (unpaired) electrons. The summed E-state index contributed by atoms with van der Waals surface area (Å²) in [5, 5.41) is 0. The number of benzene rings is 1. The number of imide groups is 1. The van der Waals surface area contributed by atoms with Crippen molar-refractivity contribution in [2.24, 2.45) is 5.92 Å². The van der Waals surface area contributed by atoms with E-state index in [9.17, 15) is 19.2 Å². The van der Waals surface area contributed by atoms with Crippen LogP contribution < -0.4 is 0 Å². The highest BCUT2D eigenvalue weighted by molar-refractivity contribution is 6.14. The van der Waals surface area contributed by atoms with Gasteiger partial charge in [-0.15, -0.1) is 0 Å². The van der Waals surface area contributed by atoms with Gasteiger partial charge in [-0.1, -0.05) is 30.3 Å². The molecule has 1 aliphatic rings. The zero-order valence-corrected chi connectivity index (χ0v) is 12.4. The van der Waals surface area contributed by atoms with Crippen molar-refractivity contribution >= 4 is 23.6 Å². The Bertz CT molecular complexity index is 610. The van der Waals surface area contributed by atoms with Crippen LogP contribution in [0.2, 0.25) is 0 Å². The lowest BCUT2D eigenvalue weighted by Crippen LogP contribution is -2.66. The summed E-state index contributed by atoms with van der Waals surface area (Å²) in [4.78, 5) is 48.6. The van der Waals surface area contributed by atoms with E-state index in [2.05, 4.69) is 0 Å². The molecule has 0 aromatic heterocycles. The fourth-order valence-electron chi connectivity index (χ4n) is 2.57. The number of hydrogen-bond donors (Lipinski definition) is 0. The van der Waals surface area contributed by atoms with Gasteiger partial charge in [0.25, 0.3) is 0 Å². The van der Waals surface area contributed by atoms with Crippen LogP contribution in [0.15, 0.2) is 30.3 Å². The fourth-order valence-corrected chi connectivity index (χ4v) is 2.57. The van der Waals surface area contributed by atoms with E-state index in [0.717, 1.165) is 4.90 Å². The predicted molar refractivity (Wildman–Crippen MR) is 76.8 cm³/mol. The number of likely N-dealkylation sites (tertiary alicyclic amines) is 1. The Morgan fingerprint density at radius 2 is 1.82 bits per heavy atom. The van der Waals surface area contributed by atoms with Crippen molar-refractivity contribution in [3.8, 4) is 0 Å². The van der Waals surface area contributed by atoms with E-state index in [-0.39, 0.29) is 18.8 Å². The highest BCUT2D eigenvalue weighted by atomic mass is 16.5. The van der Waals surface area contributed by atoms with Crippen LogP contribution >= 0.6 is 0 Å². The van der Waals surface area contributed by atoms with Crippen LogP contribution in [0.5, 0.6) is 0 Å². The van der Waals surface area contributed by atoms with Gasteiger partial charge in [-0.25, -0.2) is 0 Å². The van der Waals surface area contributed by atoms with Crippen LogP contribution in [0.4, 0.5) is 0 Å². The Kier molecular flexibility index (Phi) is 4.70. The molecule has 22 heavy (non-hydrogen) atoms. The number of amides is 2. The number of hydrogen-bond acceptors (Lipinski definition) is 5. The maximum absolute atomic E-state index is 12.5. The SMILES string of the molecule is CCOC(=O)C[C@H]1C(=O)N(C(C)=O)[C@H]1C(=O)c1ccccc1. The molecule has 6 nitrogen and oxygen atoms in total. The van der Waals surface area contributed by atoms with E-state index in [1.165, 1.54) is 6.92 Å². The molecule has 1 aliphatic heterocycles. The summed E-state index contributed by atoms with van der Waals surface area (Å²) in [6.07, 6.45) is -0.195. The Morgan fingerprint density at radius 1 is 1.18 bits per heavy atom. The van der Waals surface area contributed by atoms with Crippen molar-refractivity contribution in [2.75, 3.05) is 6.61 Å². The zero-order chi connectivity index (χ0) is 16.3. The summed E-state index contributed by atoms with van der Waals surface area (Å²) in [6.45, 7) is 3.09. The summed E-state index contributed by atoms with van der Waals surface area (Å²) < 4.78 is 4.82. The van der Waals surface area contributed by atoms with Gasteiger partial charge in [0.05, 0.1) is 18.9 Å². The van der Waals surface area contributed by atoms with E-state index in [1.807, 2.05) is 0 Å². The summed E-state index contributed by atoms with van der Waals surface area (Å²) in [5.74, 6) is -2.73. The molecule has 0 aliphatic carbocycles. The minimum Gasteiger partial charge on any atom is -0.466 e. The molecule has 1 heterocycles. The molecule has 1 saturated heterocycles. The Labute approximate surface area is 128 Å². The zero-order valence-electron chi connectivity index (χ0n) is 12.4. The van der Waals surface area contributed by atoms with Gasteiger partial charge in [0, 0.05) is 12.5 Å². The number of esters is 1. The molecule has 0 bridgehead atoms. The van der Waals surface area contributed by atoms with E-state index in [4.69, 9.17) is 4.74 Å². The fraction of sp³-hybridized carbons (Fsp3) is 0.375. The summed E-state index contributed by atoms with van der Waals surface area (Å²) >= 11 is 0. The molecule has 0 saturated carbocycles. The smallest absolute Gasteiger partial charge is 0.306 e. The number of carbonyl (C=O) groups is 4. The summed E-state index contributed by atoms with van der Waals surface area (Å²) in [5.41, 5.74) is 0.403. The largest absolute Gasteiger partial charge is 0.466 e. The predicted octanol–water partition coefficient (Wildman–Crippen LogP) is 1.20. The molecule has 2 atom stereocenters. The molecule has 1 aromatic carbocycles. The number of nitrogens with zero attached hydrogens (tertiary/aromatic N) is 1. The minimum absolute atomic E-state index is 0.195. The number of ketones is 1. The van der Waals surface area contributed by atoms with Gasteiger partial charge in [-0.2, -0.15) is 0 Å². The van der Waals surface area contributed by atoms with Crippen molar-refractivity contribution < 1.29 is 23.9 Å². The summed E-state index contributed by atoms with van der Waals surface area (Å²) in [6, 6.07) is 7.46. The Hall–Kier alpha value is -2.50. The van der Waals surface area contributed by atoms with Crippen LogP contribution in [-0.2, 0) is 19.1 Å². The summed E-state index contributed by atoms with van der Waals surface area (Å²) in [7, 11) is 0. The molecular weight excluding hydrogens is 286 g/mol. The lowest BCUT2D eigenvalue weighted by atomic mass is 9.80. The Balaban J connectivity index is 2.22. The van der Waals surface area contributed by atoms with Crippen molar-refractivity contribution in [2.45, 2.75) is 26.3 Å². The minimum atomic E-state index is -0.934. The third-order valence-electron chi connectivity index (χ3n) is 3.57. The van der Waals surface area contributed by atoms with Gasteiger partial charge in [0.1, 0.15) is 6.04 Å². The van der Waals surface area contributed by atoms with Gasteiger partial charge >= 0.3 is 5.97 Å². The van der Waals surface area contributed by atoms with Gasteiger partial charge < -0.3 is 4.74 Å². The van der Waals surface area contributed by atoms with Crippen LogP contribution in [0.25, 0.3) is 0 Å². The van der Waals surface area contributed by atoms with E-state index >= 15 is 0 Å². The highest BCUT2D eigenvalue weighted by Crippen LogP contribution is 2.32. The molecule has 1 fully saturated rings. The highest BCUT2D eigenvalue weighted by Gasteiger charge is 2.54. The first kappa shape index (κ1) is 15.9. The number of rotatable bonds is 5. The van der Waals surface area contributed by atoms with Crippen molar-refractivity contribution in [1.29, 1.82) is 0 Å². The average Bonchev–Trinajstić information content (AvgIpc) is 2.50. The van der Waals surface area contributed by atoms with Crippen molar-refractivity contribution in [1.82, 2.24) is 4.90 Å². The number of carbonyl (C=O) groups excluding carboxylic acids is 4. The van der Waals surface area contributed by atoms with E-state index in [1.54, 1.807) is 37.3 Å². The van der Waals surface area contributed by atoms with E-state index < -0.39 is 29.7 Å². The molecule has 2 rings (SSSR count). The molecule has 0 spiro atoms. The van der Waals surface area contributed by atoms with Gasteiger partial charge in [-0.05, 0) is 6.92 Å². The first-order valence-electron chi connectivity index (χ1n) is 7.05. The van der Waals surface area contributed by atoms with Gasteiger partial charge in [-0.3, -0.25) is 24.1 Å². The van der Waals surface area contributed by atoms with Crippen LogP contribution in [-0.4, -0.2) is 41.1 Å². The molecule has 1 aromatic rings. The van der Waals surface area contributed by atoms with Crippen LogP contribution in [0.3, 0.4) is 0 Å².